The zero-order valence-corrected chi connectivity index (χ0v) is 11.9. The summed E-state index contributed by atoms with van der Waals surface area (Å²) >= 11 is 1.77. The molecule has 17 heavy (non-hydrogen) atoms. The predicted octanol–water partition coefficient (Wildman–Crippen LogP) is 2.90. The maximum atomic E-state index is 6.21. The molecule has 0 bridgehead atoms. The van der Waals surface area contributed by atoms with Gasteiger partial charge >= 0.3 is 0 Å². The third-order valence-electron chi connectivity index (χ3n) is 3.62. The van der Waals surface area contributed by atoms with Crippen LogP contribution in [0.25, 0.3) is 0 Å². The molecule has 0 saturated heterocycles. The molecule has 1 aliphatic rings. The van der Waals surface area contributed by atoms with Gasteiger partial charge in [0.1, 0.15) is 0 Å². The molecule has 2 rings (SSSR count). The zero-order chi connectivity index (χ0) is 12.8. The molecule has 0 fully saturated rings. The Labute approximate surface area is 108 Å². The van der Waals surface area contributed by atoms with Gasteiger partial charge in [-0.3, -0.25) is 0 Å². The monoisotopic (exact) mass is 250 g/mol. The zero-order valence-electron chi connectivity index (χ0n) is 11.1. The van der Waals surface area contributed by atoms with Gasteiger partial charge in [-0.1, -0.05) is 13.0 Å². The van der Waals surface area contributed by atoms with Gasteiger partial charge < -0.3 is 11.5 Å². The lowest BCUT2D eigenvalue weighted by molar-refractivity contribution is 0.426. The van der Waals surface area contributed by atoms with E-state index in [1.807, 2.05) is 0 Å². The number of hydrogen-bond acceptors (Lipinski definition) is 3. The first-order chi connectivity index (χ1) is 7.75. The fraction of sp³-hybridized carbons (Fsp3) is 0.571. The summed E-state index contributed by atoms with van der Waals surface area (Å²) in [6, 6.07) is 4.50. The summed E-state index contributed by atoms with van der Waals surface area (Å²) in [7, 11) is 0. The van der Waals surface area contributed by atoms with Crippen LogP contribution in [0.4, 0.5) is 0 Å². The van der Waals surface area contributed by atoms with Crippen LogP contribution in [0.2, 0.25) is 0 Å². The van der Waals surface area contributed by atoms with Crippen LogP contribution in [0.5, 0.6) is 0 Å². The van der Waals surface area contributed by atoms with Crippen LogP contribution >= 0.6 is 11.8 Å². The number of nitrogens with two attached hydrogens (primary N) is 2. The van der Waals surface area contributed by atoms with Gasteiger partial charge in [0.2, 0.25) is 0 Å². The van der Waals surface area contributed by atoms with Gasteiger partial charge in [-0.15, -0.1) is 11.8 Å². The van der Waals surface area contributed by atoms with Crippen LogP contribution < -0.4 is 11.5 Å². The normalized spacial score (nSPS) is 26.0. The average Bonchev–Trinajstić information content (AvgIpc) is 2.22. The Hall–Kier alpha value is -0.510. The van der Waals surface area contributed by atoms with Crippen molar-refractivity contribution in [3.63, 3.8) is 0 Å². The summed E-state index contributed by atoms with van der Waals surface area (Å²) in [6.07, 6.45) is 1.94. The molecule has 3 heteroatoms. The van der Waals surface area contributed by atoms with E-state index in [1.165, 1.54) is 21.6 Å². The van der Waals surface area contributed by atoms with Crippen molar-refractivity contribution in [1.82, 2.24) is 0 Å². The highest BCUT2D eigenvalue weighted by atomic mass is 32.2. The Morgan fingerprint density at radius 1 is 1.47 bits per heavy atom. The largest absolute Gasteiger partial charge is 0.321 e. The van der Waals surface area contributed by atoms with Crippen LogP contribution in [0.15, 0.2) is 17.0 Å². The van der Waals surface area contributed by atoms with Crippen molar-refractivity contribution in [2.24, 2.45) is 11.5 Å². The van der Waals surface area contributed by atoms with Gasteiger partial charge in [-0.2, -0.15) is 0 Å². The van der Waals surface area contributed by atoms with Gasteiger partial charge in [0.25, 0.3) is 0 Å². The van der Waals surface area contributed by atoms with Gasteiger partial charge in [0.05, 0.1) is 4.87 Å². The molecule has 0 radical (unpaired) electrons. The van der Waals surface area contributed by atoms with E-state index in [-0.39, 0.29) is 10.4 Å². The lowest BCUT2D eigenvalue weighted by Gasteiger charge is -2.39. The molecule has 0 saturated carbocycles. The van der Waals surface area contributed by atoms with E-state index in [1.54, 1.807) is 11.8 Å². The first kappa shape index (κ1) is 12.9. The van der Waals surface area contributed by atoms with Gasteiger partial charge in [0, 0.05) is 10.4 Å². The summed E-state index contributed by atoms with van der Waals surface area (Å²) in [5, 5.41) is 0. The molecule has 2 unspecified atom stereocenters. The smallest absolute Gasteiger partial charge is 0.0635 e. The lowest BCUT2D eigenvalue weighted by Crippen LogP contribution is -2.44. The summed E-state index contributed by atoms with van der Waals surface area (Å²) in [6.45, 7) is 8.45. The van der Waals surface area contributed by atoms with Crippen molar-refractivity contribution in [3.8, 4) is 0 Å². The molecular weight excluding hydrogens is 228 g/mol. The topological polar surface area (TPSA) is 52.0 Å². The van der Waals surface area contributed by atoms with Gasteiger partial charge in [0.15, 0.2) is 0 Å². The predicted molar refractivity (Wildman–Crippen MR) is 75.2 cm³/mol. The molecule has 1 aromatic carbocycles. The summed E-state index contributed by atoms with van der Waals surface area (Å²) in [4.78, 5) is 1.11. The van der Waals surface area contributed by atoms with Crippen molar-refractivity contribution in [3.05, 3.63) is 28.8 Å². The third-order valence-corrected chi connectivity index (χ3v) is 5.03. The summed E-state index contributed by atoms with van der Waals surface area (Å²) in [5.74, 6) is 0. The molecule has 2 atom stereocenters. The minimum absolute atomic E-state index is 0.125. The lowest BCUT2D eigenvalue weighted by atomic mass is 9.72. The van der Waals surface area contributed by atoms with Gasteiger partial charge in [-0.25, -0.2) is 0 Å². The molecule has 0 aromatic heterocycles. The number of aryl methyl sites for hydroxylation is 1. The molecule has 1 aliphatic carbocycles. The molecule has 1 aromatic rings. The average molecular weight is 250 g/mol. The SMILES string of the molecule is CCC(C)(N)Sc1cc2c(cc1C)C(C)(N)C2. The van der Waals surface area contributed by atoms with E-state index in [0.717, 1.165) is 12.8 Å². The van der Waals surface area contributed by atoms with E-state index in [2.05, 4.69) is 39.8 Å². The number of fused-ring (bicyclic) bond motifs is 1. The van der Waals surface area contributed by atoms with Crippen molar-refractivity contribution in [2.75, 3.05) is 0 Å². The summed E-state index contributed by atoms with van der Waals surface area (Å²) < 4.78 is 0. The molecule has 2 nitrogen and oxygen atoms in total. The number of hydrogen-bond donors (Lipinski definition) is 2. The van der Waals surface area contributed by atoms with Crippen molar-refractivity contribution in [2.45, 2.75) is 55.8 Å². The highest BCUT2D eigenvalue weighted by molar-refractivity contribution is 8.00. The van der Waals surface area contributed by atoms with Crippen molar-refractivity contribution < 1.29 is 0 Å². The fourth-order valence-electron chi connectivity index (χ4n) is 2.23. The third kappa shape index (κ3) is 2.37. The van der Waals surface area contributed by atoms with E-state index >= 15 is 0 Å². The summed E-state index contributed by atoms with van der Waals surface area (Å²) in [5.41, 5.74) is 16.2. The molecule has 0 spiro atoms. The molecule has 4 N–H and O–H groups in total. The quantitative estimate of drug-likeness (QED) is 0.640. The first-order valence-electron chi connectivity index (χ1n) is 6.16. The van der Waals surface area contributed by atoms with Crippen LogP contribution in [0.3, 0.4) is 0 Å². The van der Waals surface area contributed by atoms with Crippen molar-refractivity contribution in [1.29, 1.82) is 0 Å². The van der Waals surface area contributed by atoms with E-state index < -0.39 is 0 Å². The Morgan fingerprint density at radius 2 is 2.12 bits per heavy atom. The second kappa shape index (κ2) is 4.01. The van der Waals surface area contributed by atoms with E-state index in [0.29, 0.717) is 0 Å². The Balaban J connectivity index is 2.30. The molecular formula is C14H22N2S. The minimum Gasteiger partial charge on any atom is -0.321 e. The van der Waals surface area contributed by atoms with E-state index in [4.69, 9.17) is 11.5 Å². The van der Waals surface area contributed by atoms with Crippen LogP contribution in [-0.2, 0) is 12.0 Å². The van der Waals surface area contributed by atoms with Crippen LogP contribution in [-0.4, -0.2) is 4.87 Å². The standard InChI is InChI=1S/C14H22N2S/c1-5-14(4,16)17-12-7-10-8-13(3,15)11(10)6-9(12)2/h6-7H,5,8,15-16H2,1-4H3. The highest BCUT2D eigenvalue weighted by Gasteiger charge is 2.35. The molecule has 0 heterocycles. The number of benzene rings is 1. The van der Waals surface area contributed by atoms with Crippen LogP contribution in [0.1, 0.15) is 43.9 Å². The second-order valence-corrected chi connectivity index (χ2v) is 7.21. The molecule has 0 aliphatic heterocycles. The number of rotatable bonds is 3. The fourth-order valence-corrected chi connectivity index (χ4v) is 3.29. The van der Waals surface area contributed by atoms with Gasteiger partial charge in [-0.05, 0) is 56.4 Å². The maximum Gasteiger partial charge on any atom is 0.0635 e. The molecule has 0 amide bonds. The first-order valence-corrected chi connectivity index (χ1v) is 6.97. The Bertz CT molecular complexity index is 450. The highest BCUT2D eigenvalue weighted by Crippen LogP contribution is 2.42. The minimum atomic E-state index is -0.186. The Kier molecular flexibility index (Phi) is 3.05. The number of thioether (sulfide) groups is 1. The van der Waals surface area contributed by atoms with E-state index in [9.17, 15) is 0 Å². The van der Waals surface area contributed by atoms with Crippen LogP contribution in [0, 0.1) is 6.92 Å². The maximum absolute atomic E-state index is 6.21. The van der Waals surface area contributed by atoms with Crippen molar-refractivity contribution >= 4 is 11.8 Å². The second-order valence-electron chi connectivity index (χ2n) is 5.64. The Morgan fingerprint density at radius 3 is 2.65 bits per heavy atom. The molecule has 94 valence electrons.